The van der Waals surface area contributed by atoms with Crippen LogP contribution >= 0.6 is 0 Å². The van der Waals surface area contributed by atoms with E-state index in [-0.39, 0.29) is 18.0 Å². The Morgan fingerprint density at radius 3 is 2.59 bits per heavy atom. The van der Waals surface area contributed by atoms with E-state index in [2.05, 4.69) is 19.9 Å². The number of nitrogens with zero attached hydrogens (tertiary/aromatic N) is 4. The monoisotopic (exact) mass is 437 g/mol. The molecular formula is C23H27N5O4. The number of carbonyl (C=O) groups excluding carboxylic acids is 2. The highest BCUT2D eigenvalue weighted by Gasteiger charge is 2.27. The van der Waals surface area contributed by atoms with Gasteiger partial charge in [0.25, 0.3) is 0 Å². The number of amides is 2. The molecule has 0 radical (unpaired) electrons. The molecule has 0 unspecified atom stereocenters. The summed E-state index contributed by atoms with van der Waals surface area (Å²) >= 11 is 0. The molecule has 0 bridgehead atoms. The van der Waals surface area contributed by atoms with Gasteiger partial charge in [0.1, 0.15) is 17.9 Å². The second kappa shape index (κ2) is 9.78. The molecule has 3 heterocycles. The normalized spacial score (nSPS) is 14.5. The molecule has 0 aliphatic carbocycles. The SMILES string of the molecule is CCOC(=O)c1ccc(NC(=O)N2CCC(n3c(COC)nc4cccnc43)CC2)cc1. The molecule has 0 spiro atoms. The number of hydrogen-bond donors (Lipinski definition) is 1. The largest absolute Gasteiger partial charge is 0.462 e. The highest BCUT2D eigenvalue weighted by Crippen LogP contribution is 2.28. The molecule has 1 aromatic carbocycles. The summed E-state index contributed by atoms with van der Waals surface area (Å²) in [4.78, 5) is 35.5. The van der Waals surface area contributed by atoms with Gasteiger partial charge in [-0.25, -0.2) is 19.6 Å². The van der Waals surface area contributed by atoms with E-state index in [4.69, 9.17) is 9.47 Å². The number of likely N-dealkylation sites (tertiary alicyclic amines) is 1. The second-order valence-electron chi connectivity index (χ2n) is 7.62. The Bertz CT molecular complexity index is 1090. The lowest BCUT2D eigenvalue weighted by molar-refractivity contribution is 0.0526. The lowest BCUT2D eigenvalue weighted by Crippen LogP contribution is -2.41. The maximum atomic E-state index is 12.7. The van der Waals surface area contributed by atoms with Crippen LogP contribution in [0.5, 0.6) is 0 Å². The predicted octanol–water partition coefficient (Wildman–Crippen LogP) is 3.62. The van der Waals surface area contributed by atoms with Crippen molar-refractivity contribution in [2.24, 2.45) is 0 Å². The summed E-state index contributed by atoms with van der Waals surface area (Å²) in [7, 11) is 1.66. The molecule has 2 amide bonds. The summed E-state index contributed by atoms with van der Waals surface area (Å²) in [5.74, 6) is 0.479. The molecule has 32 heavy (non-hydrogen) atoms. The van der Waals surface area contributed by atoms with Crippen LogP contribution in [0.1, 0.15) is 42.0 Å². The Hall–Kier alpha value is -3.46. The number of carbonyl (C=O) groups is 2. The molecule has 1 aliphatic heterocycles. The first kappa shape index (κ1) is 21.8. The molecule has 1 aliphatic rings. The number of methoxy groups -OCH3 is 1. The van der Waals surface area contributed by atoms with E-state index in [1.165, 1.54) is 0 Å². The summed E-state index contributed by atoms with van der Waals surface area (Å²) in [6.45, 7) is 3.75. The highest BCUT2D eigenvalue weighted by molar-refractivity contribution is 5.92. The van der Waals surface area contributed by atoms with Gasteiger partial charge in [0.2, 0.25) is 0 Å². The smallest absolute Gasteiger partial charge is 0.338 e. The van der Waals surface area contributed by atoms with Crippen LogP contribution in [-0.2, 0) is 16.1 Å². The predicted molar refractivity (Wildman–Crippen MR) is 120 cm³/mol. The van der Waals surface area contributed by atoms with Gasteiger partial charge in [0.05, 0.1) is 12.2 Å². The van der Waals surface area contributed by atoms with Crippen molar-refractivity contribution in [2.75, 3.05) is 32.1 Å². The maximum absolute atomic E-state index is 12.7. The van der Waals surface area contributed by atoms with Gasteiger partial charge < -0.3 is 24.3 Å². The summed E-state index contributed by atoms with van der Waals surface area (Å²) in [6, 6.07) is 10.6. The number of aromatic nitrogens is 3. The topological polar surface area (TPSA) is 98.6 Å². The maximum Gasteiger partial charge on any atom is 0.338 e. The van der Waals surface area contributed by atoms with E-state index < -0.39 is 0 Å². The van der Waals surface area contributed by atoms with E-state index in [1.807, 2.05) is 12.1 Å². The first-order valence-corrected chi connectivity index (χ1v) is 10.7. The molecule has 9 nitrogen and oxygen atoms in total. The molecule has 0 atom stereocenters. The fourth-order valence-corrected chi connectivity index (χ4v) is 4.02. The number of esters is 1. The Kier molecular flexibility index (Phi) is 6.65. The van der Waals surface area contributed by atoms with Crippen LogP contribution in [0.4, 0.5) is 10.5 Å². The van der Waals surface area contributed by atoms with Crippen LogP contribution in [0.2, 0.25) is 0 Å². The molecule has 2 aromatic heterocycles. The molecule has 3 aromatic rings. The van der Waals surface area contributed by atoms with Crippen LogP contribution in [0.25, 0.3) is 11.2 Å². The zero-order chi connectivity index (χ0) is 22.5. The van der Waals surface area contributed by atoms with Crippen LogP contribution < -0.4 is 5.32 Å². The van der Waals surface area contributed by atoms with E-state index in [0.29, 0.717) is 37.6 Å². The van der Waals surface area contributed by atoms with Crippen molar-refractivity contribution < 1.29 is 19.1 Å². The summed E-state index contributed by atoms with van der Waals surface area (Å²) in [5.41, 5.74) is 2.80. The van der Waals surface area contributed by atoms with E-state index in [1.54, 1.807) is 49.4 Å². The third-order valence-electron chi connectivity index (χ3n) is 5.56. The number of anilines is 1. The number of benzene rings is 1. The van der Waals surface area contributed by atoms with Crippen molar-refractivity contribution in [1.29, 1.82) is 0 Å². The average Bonchev–Trinajstić information content (AvgIpc) is 3.18. The fraction of sp³-hybridized carbons (Fsp3) is 0.391. The Labute approximate surface area is 186 Å². The lowest BCUT2D eigenvalue weighted by atomic mass is 10.0. The molecular weight excluding hydrogens is 410 g/mol. The molecule has 1 saturated heterocycles. The number of piperidine rings is 1. The van der Waals surface area contributed by atoms with Crippen LogP contribution in [-0.4, -0.2) is 58.2 Å². The van der Waals surface area contributed by atoms with Crippen molar-refractivity contribution in [3.63, 3.8) is 0 Å². The molecule has 1 N–H and O–H groups in total. The number of pyridine rings is 1. The van der Waals surface area contributed by atoms with Crippen LogP contribution in [0.15, 0.2) is 42.6 Å². The molecule has 1 fully saturated rings. The molecule has 9 heteroatoms. The zero-order valence-electron chi connectivity index (χ0n) is 18.3. The Morgan fingerprint density at radius 1 is 1.16 bits per heavy atom. The number of hydrogen-bond acceptors (Lipinski definition) is 6. The van der Waals surface area contributed by atoms with Gasteiger partial charge in [0.15, 0.2) is 5.65 Å². The second-order valence-corrected chi connectivity index (χ2v) is 7.62. The third-order valence-corrected chi connectivity index (χ3v) is 5.56. The van der Waals surface area contributed by atoms with Crippen molar-refractivity contribution in [3.8, 4) is 0 Å². The Balaban J connectivity index is 1.39. The minimum absolute atomic E-state index is 0.155. The number of nitrogens with one attached hydrogen (secondary N) is 1. The van der Waals surface area contributed by atoms with Crippen molar-refractivity contribution >= 4 is 28.9 Å². The minimum Gasteiger partial charge on any atom is -0.462 e. The number of urea groups is 1. The Morgan fingerprint density at radius 2 is 1.91 bits per heavy atom. The lowest BCUT2D eigenvalue weighted by Gasteiger charge is -2.33. The fourth-order valence-electron chi connectivity index (χ4n) is 4.02. The minimum atomic E-state index is -0.373. The average molecular weight is 438 g/mol. The van der Waals surface area contributed by atoms with Crippen molar-refractivity contribution in [2.45, 2.75) is 32.4 Å². The van der Waals surface area contributed by atoms with Gasteiger partial charge in [-0.3, -0.25) is 0 Å². The first-order chi connectivity index (χ1) is 15.6. The quantitative estimate of drug-likeness (QED) is 0.592. The van der Waals surface area contributed by atoms with Gasteiger partial charge in [-0.1, -0.05) is 0 Å². The standard InChI is InChI=1S/C23H27N5O4/c1-3-32-22(29)16-6-8-17(9-7-16)25-23(30)27-13-10-18(11-14-27)28-20(15-31-2)26-19-5-4-12-24-21(19)28/h4-9,12,18H,3,10-11,13-15H2,1-2H3,(H,25,30). The zero-order valence-corrected chi connectivity index (χ0v) is 18.3. The van der Waals surface area contributed by atoms with Gasteiger partial charge in [-0.05, 0) is 56.2 Å². The van der Waals surface area contributed by atoms with Gasteiger partial charge in [-0.2, -0.15) is 0 Å². The number of imidazole rings is 1. The van der Waals surface area contributed by atoms with Gasteiger partial charge in [-0.15, -0.1) is 0 Å². The number of fused-ring (bicyclic) bond motifs is 1. The van der Waals surface area contributed by atoms with Gasteiger partial charge in [0, 0.05) is 38.1 Å². The van der Waals surface area contributed by atoms with Gasteiger partial charge >= 0.3 is 12.0 Å². The number of ether oxygens (including phenoxy) is 2. The van der Waals surface area contributed by atoms with E-state index in [0.717, 1.165) is 29.8 Å². The van der Waals surface area contributed by atoms with Crippen molar-refractivity contribution in [3.05, 3.63) is 54.0 Å². The molecule has 0 saturated carbocycles. The number of rotatable bonds is 6. The summed E-state index contributed by atoms with van der Waals surface area (Å²) < 4.78 is 12.5. The van der Waals surface area contributed by atoms with E-state index in [9.17, 15) is 9.59 Å². The van der Waals surface area contributed by atoms with Crippen LogP contribution in [0.3, 0.4) is 0 Å². The van der Waals surface area contributed by atoms with E-state index >= 15 is 0 Å². The summed E-state index contributed by atoms with van der Waals surface area (Å²) in [5, 5.41) is 2.90. The molecule has 168 valence electrons. The van der Waals surface area contributed by atoms with Crippen LogP contribution in [0, 0.1) is 0 Å². The van der Waals surface area contributed by atoms with Crippen molar-refractivity contribution in [1.82, 2.24) is 19.4 Å². The highest BCUT2D eigenvalue weighted by atomic mass is 16.5. The molecule has 4 rings (SSSR count). The summed E-state index contributed by atoms with van der Waals surface area (Å²) in [6.07, 6.45) is 3.37. The first-order valence-electron chi connectivity index (χ1n) is 10.7. The third kappa shape index (κ3) is 4.57.